The number of esters is 2. The first kappa shape index (κ1) is 24.2. The van der Waals surface area contributed by atoms with Gasteiger partial charge in [0.25, 0.3) is 0 Å². The normalized spacial score (nSPS) is 15.3. The molecule has 0 aromatic heterocycles. The predicted octanol–water partition coefficient (Wildman–Crippen LogP) is 1.33. The summed E-state index contributed by atoms with van der Waals surface area (Å²) in [5.74, 6) is -9.62. The first-order chi connectivity index (χ1) is 11.5. The Morgan fingerprint density at radius 2 is 1.69 bits per heavy atom. The molecule has 0 radical (unpaired) electrons. The second kappa shape index (κ2) is 8.26. The molecule has 0 aromatic carbocycles. The van der Waals surface area contributed by atoms with Gasteiger partial charge in [-0.25, -0.2) is 18.0 Å². The fourth-order valence-electron chi connectivity index (χ4n) is 1.16. The van der Waals surface area contributed by atoms with E-state index in [0.29, 0.717) is 0 Å². The number of carbonyl (C=O) groups excluding carboxylic acids is 2. The Kier molecular flexibility index (Phi) is 7.69. The van der Waals surface area contributed by atoms with Crippen LogP contribution in [0.15, 0.2) is 12.7 Å². The van der Waals surface area contributed by atoms with Crippen molar-refractivity contribution in [1.82, 2.24) is 0 Å². The van der Waals surface area contributed by atoms with Crippen molar-refractivity contribution in [2.75, 3.05) is 13.2 Å². The topological polar surface area (TPSA) is 119 Å². The summed E-state index contributed by atoms with van der Waals surface area (Å²) >= 11 is 0. The van der Waals surface area contributed by atoms with E-state index < -0.39 is 58.4 Å². The van der Waals surface area contributed by atoms with Gasteiger partial charge in [0.05, 0.1) is 6.61 Å². The molecule has 1 unspecified atom stereocenters. The molecule has 0 aromatic rings. The molecule has 0 heterocycles. The summed E-state index contributed by atoms with van der Waals surface area (Å²) in [6.07, 6.45) is -5.81. The third kappa shape index (κ3) is 5.88. The minimum Gasteiger partial charge on any atom is -0.743 e. The maximum Gasteiger partial charge on any atom is 0.468 e. The van der Waals surface area contributed by atoms with Crippen LogP contribution in [0.4, 0.5) is 22.0 Å². The fraction of sp³-hybridized carbons (Fsp3) is 0.667. The number of ether oxygens (including phenoxy) is 3. The summed E-state index contributed by atoms with van der Waals surface area (Å²) in [6, 6.07) is 0. The van der Waals surface area contributed by atoms with Crippen LogP contribution in [0.1, 0.15) is 13.8 Å². The average molecular weight is 413 g/mol. The van der Waals surface area contributed by atoms with E-state index in [0.717, 1.165) is 0 Å². The molecular formula is C12H14F5O8S-. The van der Waals surface area contributed by atoms with Gasteiger partial charge in [-0.15, -0.1) is 0 Å². The van der Waals surface area contributed by atoms with Gasteiger partial charge in [0.2, 0.25) is 0 Å². The van der Waals surface area contributed by atoms with Crippen molar-refractivity contribution >= 4 is 22.1 Å². The summed E-state index contributed by atoms with van der Waals surface area (Å²) in [5, 5.41) is -5.36. The molecule has 0 spiro atoms. The Hall–Kier alpha value is -1.80. The number of halogens is 5. The first-order valence-corrected chi connectivity index (χ1v) is 7.97. The molecule has 0 bridgehead atoms. The van der Waals surface area contributed by atoms with Crippen molar-refractivity contribution in [1.29, 1.82) is 0 Å². The summed E-state index contributed by atoms with van der Waals surface area (Å²) in [6.45, 7) is 2.21. The van der Waals surface area contributed by atoms with Crippen LogP contribution in [-0.4, -0.2) is 55.3 Å². The van der Waals surface area contributed by atoms with Gasteiger partial charge in [-0.1, -0.05) is 20.4 Å². The van der Waals surface area contributed by atoms with Crippen molar-refractivity contribution < 1.29 is 58.7 Å². The van der Waals surface area contributed by atoms with Gasteiger partial charge < -0.3 is 18.8 Å². The van der Waals surface area contributed by atoms with E-state index in [2.05, 4.69) is 20.8 Å². The van der Waals surface area contributed by atoms with Crippen molar-refractivity contribution in [3.05, 3.63) is 12.7 Å². The zero-order chi connectivity index (χ0) is 21.0. The highest BCUT2D eigenvalue weighted by Gasteiger charge is 2.68. The number of hydrogen-bond donors (Lipinski definition) is 0. The SMILES string of the molecule is C=CC(=O)OC(OCC(F)(F)S(=O)(=O)[O-])(C(=O)OCC(C)C)C(F)(F)F. The van der Waals surface area contributed by atoms with Gasteiger partial charge in [-0.2, -0.15) is 22.0 Å². The zero-order valence-electron chi connectivity index (χ0n) is 13.3. The lowest BCUT2D eigenvalue weighted by Gasteiger charge is -2.33. The third-order valence-corrected chi connectivity index (χ3v) is 3.26. The molecule has 0 rings (SSSR count). The van der Waals surface area contributed by atoms with Gasteiger partial charge >= 0.3 is 29.2 Å². The van der Waals surface area contributed by atoms with Gasteiger partial charge in [0.1, 0.15) is 6.61 Å². The van der Waals surface area contributed by atoms with Crippen LogP contribution >= 0.6 is 0 Å². The molecule has 0 aliphatic heterocycles. The number of alkyl halides is 5. The second-order valence-electron chi connectivity index (χ2n) is 5.11. The van der Waals surface area contributed by atoms with Crippen molar-refractivity contribution in [2.24, 2.45) is 5.92 Å². The molecule has 26 heavy (non-hydrogen) atoms. The van der Waals surface area contributed by atoms with Crippen molar-refractivity contribution in [3.63, 3.8) is 0 Å². The summed E-state index contributed by atoms with van der Waals surface area (Å²) in [4.78, 5) is 22.9. The highest BCUT2D eigenvalue weighted by Crippen LogP contribution is 2.38. The van der Waals surface area contributed by atoms with Gasteiger partial charge in [0, 0.05) is 6.08 Å². The van der Waals surface area contributed by atoms with E-state index in [1.54, 1.807) is 0 Å². The quantitative estimate of drug-likeness (QED) is 0.183. The van der Waals surface area contributed by atoms with Crippen LogP contribution in [0.3, 0.4) is 0 Å². The Bertz CT molecular complexity index is 642. The average Bonchev–Trinajstić information content (AvgIpc) is 2.46. The molecule has 0 saturated heterocycles. The van der Waals surface area contributed by atoms with Crippen molar-refractivity contribution in [2.45, 2.75) is 31.1 Å². The van der Waals surface area contributed by atoms with Crippen molar-refractivity contribution in [3.8, 4) is 0 Å². The maximum absolute atomic E-state index is 13.3. The summed E-state index contributed by atoms with van der Waals surface area (Å²) < 4.78 is 109. The molecule has 152 valence electrons. The van der Waals surface area contributed by atoms with E-state index in [1.807, 2.05) is 0 Å². The maximum atomic E-state index is 13.3. The standard InChI is InChI=1S/C12H15F5O8S/c1-4-8(18)25-11(12(15,16)17,9(19)23-5-7(2)3)24-6-10(13,14)26(20,21)22/h4,7H,1,5-6H2,2-3H3,(H,20,21,22)/p-1. The van der Waals surface area contributed by atoms with Crippen LogP contribution in [0.25, 0.3) is 0 Å². The van der Waals surface area contributed by atoms with Crippen LogP contribution in [0.5, 0.6) is 0 Å². The number of carbonyl (C=O) groups is 2. The molecule has 0 aliphatic carbocycles. The largest absolute Gasteiger partial charge is 0.743 e. The van der Waals surface area contributed by atoms with E-state index in [4.69, 9.17) is 0 Å². The molecule has 0 fully saturated rings. The minimum atomic E-state index is -6.44. The van der Waals surface area contributed by atoms with Crippen LogP contribution < -0.4 is 0 Å². The number of hydrogen-bond acceptors (Lipinski definition) is 8. The van der Waals surface area contributed by atoms with Gasteiger partial charge in [0.15, 0.2) is 10.1 Å². The second-order valence-corrected chi connectivity index (χ2v) is 6.62. The molecule has 0 N–H and O–H groups in total. The lowest BCUT2D eigenvalue weighted by atomic mass is 10.2. The molecule has 14 heteroatoms. The minimum absolute atomic E-state index is 0.155. The van der Waals surface area contributed by atoms with Crippen LogP contribution in [-0.2, 0) is 33.9 Å². The van der Waals surface area contributed by atoms with Crippen LogP contribution in [0, 0.1) is 5.92 Å². The Morgan fingerprint density at radius 1 is 1.19 bits per heavy atom. The van der Waals surface area contributed by atoms with E-state index in [1.165, 1.54) is 13.8 Å². The smallest absolute Gasteiger partial charge is 0.468 e. The molecular weight excluding hydrogens is 399 g/mol. The monoisotopic (exact) mass is 413 g/mol. The Morgan fingerprint density at radius 3 is 2.04 bits per heavy atom. The Labute approximate surface area is 144 Å². The highest BCUT2D eigenvalue weighted by molar-refractivity contribution is 7.86. The predicted molar refractivity (Wildman–Crippen MR) is 71.5 cm³/mol. The third-order valence-electron chi connectivity index (χ3n) is 2.41. The van der Waals surface area contributed by atoms with E-state index in [-0.39, 0.29) is 6.08 Å². The molecule has 0 aliphatic rings. The molecule has 1 atom stereocenters. The molecule has 0 saturated carbocycles. The molecule has 8 nitrogen and oxygen atoms in total. The lowest BCUT2D eigenvalue weighted by molar-refractivity contribution is -0.360. The number of rotatable bonds is 9. The van der Waals surface area contributed by atoms with Crippen LogP contribution in [0.2, 0.25) is 0 Å². The highest BCUT2D eigenvalue weighted by atomic mass is 32.2. The molecule has 0 amide bonds. The summed E-state index contributed by atoms with van der Waals surface area (Å²) in [7, 11) is -6.44. The van der Waals surface area contributed by atoms with E-state index >= 15 is 0 Å². The fourth-order valence-corrected chi connectivity index (χ4v) is 1.37. The first-order valence-electron chi connectivity index (χ1n) is 6.56. The zero-order valence-corrected chi connectivity index (χ0v) is 14.2. The van der Waals surface area contributed by atoms with Gasteiger partial charge in [-0.05, 0) is 5.92 Å². The van der Waals surface area contributed by atoms with E-state index in [9.17, 15) is 44.5 Å². The van der Waals surface area contributed by atoms with Gasteiger partial charge in [-0.3, -0.25) is 0 Å². The summed E-state index contributed by atoms with van der Waals surface area (Å²) in [5.41, 5.74) is 0. The Balaban J connectivity index is 5.99. The lowest BCUT2D eigenvalue weighted by Crippen LogP contribution is -2.59.